The van der Waals surface area contributed by atoms with Crippen molar-refractivity contribution in [1.82, 2.24) is 5.32 Å². The average molecular weight is 445 g/mol. The number of fused-ring (bicyclic) bond motifs is 1. The lowest BCUT2D eigenvalue weighted by Crippen LogP contribution is -2.30. The molecule has 1 unspecified atom stereocenters. The summed E-state index contributed by atoms with van der Waals surface area (Å²) in [6, 6.07) is 3.62. The summed E-state index contributed by atoms with van der Waals surface area (Å²) in [6.45, 7) is 3.17. The summed E-state index contributed by atoms with van der Waals surface area (Å²) in [5.74, 6) is 0. The number of nitrogens with two attached hydrogens (primary N) is 1. The minimum atomic E-state index is -3.62. The van der Waals surface area contributed by atoms with E-state index in [2.05, 4.69) is 5.32 Å². The van der Waals surface area contributed by atoms with E-state index in [1.54, 1.807) is 31.6 Å². The number of nitrogens with one attached hydrogen (secondary N) is 1. The predicted octanol–water partition coefficient (Wildman–Crippen LogP) is 2.19. The Hall–Kier alpha value is -0.300. The first-order valence-corrected chi connectivity index (χ1v) is 11.0. The molecule has 3 N–H and O–H groups in total. The van der Waals surface area contributed by atoms with Crippen LogP contribution in [0.1, 0.15) is 11.3 Å². The Labute approximate surface area is 168 Å². The Balaban J connectivity index is 0.00000338. The van der Waals surface area contributed by atoms with Crippen molar-refractivity contribution < 1.29 is 22.6 Å². The first kappa shape index (κ1) is 23.7. The van der Waals surface area contributed by atoms with Crippen LogP contribution >= 0.6 is 35.1 Å². The van der Waals surface area contributed by atoms with Crippen LogP contribution in [0.5, 0.6) is 0 Å². The third kappa shape index (κ3) is 7.37. The molecule has 0 radical (unpaired) electrons. The van der Waals surface area contributed by atoms with Crippen molar-refractivity contribution in [1.29, 1.82) is 0 Å². The maximum absolute atomic E-state index is 11.4. The fourth-order valence-corrected chi connectivity index (χ4v) is 5.60. The first-order valence-electron chi connectivity index (χ1n) is 7.79. The normalized spacial score (nSPS) is 13.0. The quantitative estimate of drug-likeness (QED) is 0.487. The van der Waals surface area contributed by atoms with Gasteiger partial charge in [0.2, 0.25) is 10.0 Å². The molecule has 0 saturated heterocycles. The van der Waals surface area contributed by atoms with Crippen LogP contribution in [0, 0.1) is 0 Å². The minimum Gasteiger partial charge on any atom is -0.385 e. The summed E-state index contributed by atoms with van der Waals surface area (Å²) in [4.78, 5) is 1.14. The smallest absolute Gasteiger partial charge is 0.247 e. The lowest BCUT2D eigenvalue weighted by Gasteiger charge is -2.18. The van der Waals surface area contributed by atoms with E-state index in [0.29, 0.717) is 32.9 Å². The monoisotopic (exact) mass is 444 g/mol. The van der Waals surface area contributed by atoms with Crippen LogP contribution in [-0.2, 0) is 30.8 Å². The molecule has 150 valence electrons. The van der Waals surface area contributed by atoms with E-state index in [0.717, 1.165) is 20.7 Å². The molecular weight excluding hydrogens is 420 g/mol. The van der Waals surface area contributed by atoms with Gasteiger partial charge in [0.25, 0.3) is 0 Å². The van der Waals surface area contributed by atoms with E-state index in [9.17, 15) is 8.42 Å². The molecule has 0 fully saturated rings. The highest BCUT2D eigenvalue weighted by atomic mass is 35.5. The topological polar surface area (TPSA) is 99.9 Å². The molecule has 7 nitrogen and oxygen atoms in total. The molecule has 2 aromatic heterocycles. The van der Waals surface area contributed by atoms with E-state index < -0.39 is 10.0 Å². The molecule has 0 saturated carbocycles. The third-order valence-electron chi connectivity index (χ3n) is 3.48. The highest BCUT2D eigenvalue weighted by molar-refractivity contribution is 7.91. The van der Waals surface area contributed by atoms with Crippen molar-refractivity contribution in [2.45, 2.75) is 23.3 Å². The van der Waals surface area contributed by atoms with Gasteiger partial charge in [-0.25, -0.2) is 13.6 Å². The molecule has 0 aliphatic rings. The molecule has 0 bridgehead atoms. The first-order chi connectivity index (χ1) is 11.9. The molecule has 0 aromatic carbocycles. The van der Waals surface area contributed by atoms with Crippen molar-refractivity contribution in [2.24, 2.45) is 5.14 Å². The number of hydrogen-bond acceptors (Lipinski definition) is 8. The summed E-state index contributed by atoms with van der Waals surface area (Å²) in [7, 11) is -0.302. The Morgan fingerprint density at radius 3 is 2.50 bits per heavy atom. The van der Waals surface area contributed by atoms with E-state index in [4.69, 9.17) is 19.3 Å². The van der Waals surface area contributed by atoms with Crippen molar-refractivity contribution in [2.75, 3.05) is 40.6 Å². The Bertz CT molecular complexity index is 731. The number of sulfonamides is 1. The number of ether oxygens (including phenoxy) is 3. The summed E-state index contributed by atoms with van der Waals surface area (Å²) in [5.41, 5.74) is 0. The van der Waals surface area contributed by atoms with Gasteiger partial charge in [0.05, 0.1) is 23.3 Å². The third-order valence-corrected chi connectivity index (χ3v) is 7.29. The van der Waals surface area contributed by atoms with Gasteiger partial charge in [0.15, 0.2) is 0 Å². The van der Waals surface area contributed by atoms with E-state index in [1.807, 2.05) is 6.07 Å². The van der Waals surface area contributed by atoms with Crippen LogP contribution < -0.4 is 10.5 Å². The zero-order valence-corrected chi connectivity index (χ0v) is 18.0. The average Bonchev–Trinajstić information content (AvgIpc) is 3.10. The van der Waals surface area contributed by atoms with Crippen LogP contribution in [-0.4, -0.2) is 55.1 Å². The predicted molar refractivity (Wildman–Crippen MR) is 108 cm³/mol. The maximum Gasteiger partial charge on any atom is 0.247 e. The van der Waals surface area contributed by atoms with Crippen LogP contribution in [0.2, 0.25) is 0 Å². The van der Waals surface area contributed by atoms with Gasteiger partial charge >= 0.3 is 0 Å². The lowest BCUT2D eigenvalue weighted by molar-refractivity contribution is 0.00255. The second kappa shape index (κ2) is 11.5. The summed E-state index contributed by atoms with van der Waals surface area (Å²) >= 11 is 2.79. The van der Waals surface area contributed by atoms with E-state index >= 15 is 0 Å². The maximum atomic E-state index is 11.4. The van der Waals surface area contributed by atoms with Crippen LogP contribution in [0.3, 0.4) is 0 Å². The summed E-state index contributed by atoms with van der Waals surface area (Å²) < 4.78 is 39.8. The number of halogens is 1. The van der Waals surface area contributed by atoms with Gasteiger partial charge in [-0.2, -0.15) is 0 Å². The van der Waals surface area contributed by atoms with Gasteiger partial charge in [0, 0.05) is 44.2 Å². The second-order valence-corrected chi connectivity index (χ2v) is 9.70. The minimum absolute atomic E-state index is 0. The van der Waals surface area contributed by atoms with Gasteiger partial charge in [-0.1, -0.05) is 0 Å². The number of methoxy groups -OCH3 is 2. The number of rotatable bonds is 12. The molecule has 0 aliphatic carbocycles. The fourth-order valence-electron chi connectivity index (χ4n) is 2.24. The Morgan fingerprint density at radius 2 is 1.88 bits per heavy atom. The van der Waals surface area contributed by atoms with Crippen molar-refractivity contribution >= 4 is 54.5 Å². The molecule has 2 rings (SSSR count). The van der Waals surface area contributed by atoms with Crippen LogP contribution in [0.15, 0.2) is 16.3 Å². The highest BCUT2D eigenvalue weighted by Crippen LogP contribution is 2.35. The standard InChI is InChI=1S/C15H24N2O5S3.ClH/c1-20-4-3-12(22-6-5-21-2)9-17-10-13-7-11-8-14(25(16,18)19)24-15(11)23-13;/h7-8,12,17H,3-6,9-10H2,1-2H3,(H2,16,18,19);1H. The Kier molecular flexibility index (Phi) is 10.5. The second-order valence-electron chi connectivity index (χ2n) is 5.46. The van der Waals surface area contributed by atoms with Gasteiger partial charge in [-0.3, -0.25) is 0 Å². The molecule has 0 spiro atoms. The molecular formula is C15H25ClN2O5S3. The van der Waals surface area contributed by atoms with Gasteiger partial charge in [-0.15, -0.1) is 35.1 Å². The fraction of sp³-hybridized carbons (Fsp3) is 0.600. The SMILES string of the molecule is COCCOC(CCOC)CNCc1cc2cc(S(N)(=O)=O)sc2s1.Cl. The molecule has 0 amide bonds. The van der Waals surface area contributed by atoms with E-state index in [1.165, 1.54) is 11.3 Å². The molecule has 0 aliphatic heterocycles. The largest absolute Gasteiger partial charge is 0.385 e. The van der Waals surface area contributed by atoms with Crippen molar-refractivity contribution in [3.05, 3.63) is 17.0 Å². The van der Waals surface area contributed by atoms with Crippen LogP contribution in [0.25, 0.3) is 9.40 Å². The Morgan fingerprint density at radius 1 is 1.15 bits per heavy atom. The molecule has 26 heavy (non-hydrogen) atoms. The molecule has 11 heteroatoms. The van der Waals surface area contributed by atoms with Crippen molar-refractivity contribution in [3.8, 4) is 0 Å². The summed E-state index contributed by atoms with van der Waals surface area (Å²) in [6.07, 6.45) is 0.870. The zero-order valence-electron chi connectivity index (χ0n) is 14.7. The van der Waals surface area contributed by atoms with Gasteiger partial charge < -0.3 is 19.5 Å². The highest BCUT2D eigenvalue weighted by Gasteiger charge is 2.15. The van der Waals surface area contributed by atoms with Gasteiger partial charge in [0.1, 0.15) is 4.21 Å². The van der Waals surface area contributed by atoms with Crippen LogP contribution in [0.4, 0.5) is 0 Å². The number of thiophene rings is 2. The lowest BCUT2D eigenvalue weighted by atomic mass is 10.2. The number of primary sulfonamides is 1. The number of hydrogen-bond donors (Lipinski definition) is 2. The van der Waals surface area contributed by atoms with Gasteiger partial charge in [-0.05, 0) is 18.6 Å². The summed E-state index contributed by atoms with van der Waals surface area (Å²) in [5, 5.41) is 9.47. The molecule has 1 atom stereocenters. The zero-order chi connectivity index (χ0) is 18.3. The van der Waals surface area contributed by atoms with E-state index in [-0.39, 0.29) is 22.7 Å². The molecule has 2 aromatic rings. The molecule has 2 heterocycles. The van der Waals surface area contributed by atoms with Crippen molar-refractivity contribution in [3.63, 3.8) is 0 Å².